The second-order valence-corrected chi connectivity index (χ2v) is 5.61. The van der Waals surface area contributed by atoms with E-state index < -0.39 is 11.9 Å². The Morgan fingerprint density at radius 1 is 1.25 bits per heavy atom. The van der Waals surface area contributed by atoms with Gasteiger partial charge in [-0.25, -0.2) is 15.0 Å². The molecule has 0 spiro atoms. The van der Waals surface area contributed by atoms with Crippen molar-refractivity contribution in [2.45, 2.75) is 32.6 Å². The first-order chi connectivity index (χ1) is 9.43. The van der Waals surface area contributed by atoms with Crippen LogP contribution in [0.4, 0.5) is 13.2 Å². The standard InChI is InChI=1S/C12H11F3N4S/c1-6-17-7(5-20-6)2-10-18-9-4-16-3-8(9)11(19-10)12(13,14)15/h5,16H,2-4H2,1H3. The number of rotatable bonds is 2. The highest BCUT2D eigenvalue weighted by Crippen LogP contribution is 2.33. The summed E-state index contributed by atoms with van der Waals surface area (Å²) in [6, 6.07) is 0. The number of nitrogens with zero attached hydrogens (tertiary/aromatic N) is 3. The van der Waals surface area contributed by atoms with Crippen molar-refractivity contribution in [3.05, 3.63) is 38.9 Å². The van der Waals surface area contributed by atoms with E-state index >= 15 is 0 Å². The Kier molecular flexibility index (Phi) is 3.21. The van der Waals surface area contributed by atoms with Gasteiger partial charge in [-0.3, -0.25) is 0 Å². The van der Waals surface area contributed by atoms with Crippen LogP contribution in [0.25, 0.3) is 0 Å². The first kappa shape index (κ1) is 13.4. The molecule has 0 amide bonds. The molecular formula is C12H11F3N4S. The molecule has 4 nitrogen and oxygen atoms in total. The topological polar surface area (TPSA) is 50.7 Å². The Bertz CT molecular complexity index is 651. The van der Waals surface area contributed by atoms with Crippen molar-refractivity contribution in [1.82, 2.24) is 20.3 Å². The molecule has 8 heteroatoms. The normalized spacial score (nSPS) is 14.6. The number of fused-ring (bicyclic) bond motifs is 1. The van der Waals surface area contributed by atoms with Crippen molar-refractivity contribution in [1.29, 1.82) is 0 Å². The number of aromatic nitrogens is 3. The fourth-order valence-electron chi connectivity index (χ4n) is 2.18. The van der Waals surface area contributed by atoms with Crippen LogP contribution in [-0.2, 0) is 25.7 Å². The first-order valence-electron chi connectivity index (χ1n) is 6.01. The minimum Gasteiger partial charge on any atom is -0.307 e. The molecular weight excluding hydrogens is 289 g/mol. The molecule has 0 fully saturated rings. The average Bonchev–Trinajstić information content (AvgIpc) is 2.96. The van der Waals surface area contributed by atoms with Crippen molar-refractivity contribution in [3.63, 3.8) is 0 Å². The van der Waals surface area contributed by atoms with Crippen molar-refractivity contribution in [3.8, 4) is 0 Å². The lowest BCUT2D eigenvalue weighted by molar-refractivity contribution is -0.142. The number of thiazole rings is 1. The summed E-state index contributed by atoms with van der Waals surface area (Å²) in [5, 5.41) is 5.57. The van der Waals surface area contributed by atoms with Crippen molar-refractivity contribution in [2.24, 2.45) is 0 Å². The van der Waals surface area contributed by atoms with Gasteiger partial charge < -0.3 is 5.32 Å². The Morgan fingerprint density at radius 2 is 2.05 bits per heavy atom. The van der Waals surface area contributed by atoms with E-state index in [1.54, 1.807) is 0 Å². The van der Waals surface area contributed by atoms with E-state index in [-0.39, 0.29) is 24.4 Å². The summed E-state index contributed by atoms with van der Waals surface area (Å²) in [5.41, 5.74) is 0.478. The summed E-state index contributed by atoms with van der Waals surface area (Å²) < 4.78 is 39.1. The number of alkyl halides is 3. The maximum atomic E-state index is 13.0. The van der Waals surface area contributed by atoms with Crippen LogP contribution in [0.2, 0.25) is 0 Å². The molecule has 0 radical (unpaired) electrons. The van der Waals surface area contributed by atoms with Gasteiger partial charge in [-0.1, -0.05) is 0 Å². The summed E-state index contributed by atoms with van der Waals surface area (Å²) in [4.78, 5) is 12.2. The Morgan fingerprint density at radius 3 is 2.70 bits per heavy atom. The molecule has 0 atom stereocenters. The third-order valence-electron chi connectivity index (χ3n) is 3.01. The SMILES string of the molecule is Cc1nc(Cc2nc3c(c(C(F)(F)F)n2)CNC3)cs1. The van der Waals surface area contributed by atoms with Gasteiger partial charge in [-0.15, -0.1) is 11.3 Å². The number of nitrogens with one attached hydrogen (secondary N) is 1. The molecule has 106 valence electrons. The number of aryl methyl sites for hydroxylation is 1. The minimum absolute atomic E-state index is 0.163. The molecule has 0 aromatic carbocycles. The van der Waals surface area contributed by atoms with E-state index in [0.717, 1.165) is 5.01 Å². The average molecular weight is 300 g/mol. The molecule has 1 aliphatic rings. The molecule has 3 heterocycles. The maximum Gasteiger partial charge on any atom is 0.433 e. The molecule has 2 aromatic rings. The van der Waals surface area contributed by atoms with Gasteiger partial charge in [0.1, 0.15) is 5.82 Å². The number of hydrogen-bond donors (Lipinski definition) is 1. The van der Waals surface area contributed by atoms with Crippen LogP contribution in [0.3, 0.4) is 0 Å². The van der Waals surface area contributed by atoms with Crippen LogP contribution in [0.1, 0.15) is 33.5 Å². The summed E-state index contributed by atoms with van der Waals surface area (Å²) in [6.45, 7) is 2.37. The zero-order valence-electron chi connectivity index (χ0n) is 10.6. The van der Waals surface area contributed by atoms with Crippen LogP contribution >= 0.6 is 11.3 Å². The number of halogens is 3. The van der Waals surface area contributed by atoms with Gasteiger partial charge in [-0.2, -0.15) is 13.2 Å². The zero-order valence-corrected chi connectivity index (χ0v) is 11.4. The van der Waals surface area contributed by atoms with Gasteiger partial charge in [0.05, 0.1) is 22.8 Å². The van der Waals surface area contributed by atoms with E-state index in [2.05, 4.69) is 20.3 Å². The van der Waals surface area contributed by atoms with Crippen LogP contribution in [0.15, 0.2) is 5.38 Å². The van der Waals surface area contributed by atoms with Crippen LogP contribution < -0.4 is 5.32 Å². The molecule has 20 heavy (non-hydrogen) atoms. The van der Waals surface area contributed by atoms with Crippen LogP contribution in [-0.4, -0.2) is 15.0 Å². The van der Waals surface area contributed by atoms with Crippen LogP contribution in [0, 0.1) is 6.92 Å². The van der Waals surface area contributed by atoms with E-state index in [1.165, 1.54) is 11.3 Å². The quantitative estimate of drug-likeness (QED) is 0.925. The molecule has 1 aliphatic heterocycles. The highest BCUT2D eigenvalue weighted by Gasteiger charge is 2.38. The fraction of sp³-hybridized carbons (Fsp3) is 0.417. The van der Waals surface area contributed by atoms with E-state index in [9.17, 15) is 13.2 Å². The second kappa shape index (κ2) is 4.78. The molecule has 0 unspecified atom stereocenters. The predicted octanol–water partition coefficient (Wildman–Crippen LogP) is 2.45. The fourth-order valence-corrected chi connectivity index (χ4v) is 2.80. The van der Waals surface area contributed by atoms with Gasteiger partial charge in [0.15, 0.2) is 5.69 Å². The third kappa shape index (κ3) is 2.53. The van der Waals surface area contributed by atoms with Crippen molar-refractivity contribution < 1.29 is 13.2 Å². The molecule has 0 saturated heterocycles. The lowest BCUT2D eigenvalue weighted by Gasteiger charge is -2.11. The Labute approximate surface area is 117 Å². The van der Waals surface area contributed by atoms with E-state index in [1.807, 2.05) is 12.3 Å². The molecule has 0 bridgehead atoms. The van der Waals surface area contributed by atoms with Gasteiger partial charge in [0.25, 0.3) is 0 Å². The smallest absolute Gasteiger partial charge is 0.307 e. The first-order valence-corrected chi connectivity index (χ1v) is 6.89. The number of hydrogen-bond acceptors (Lipinski definition) is 5. The third-order valence-corrected chi connectivity index (χ3v) is 3.83. The minimum atomic E-state index is -4.45. The largest absolute Gasteiger partial charge is 0.433 e. The summed E-state index contributed by atoms with van der Waals surface area (Å²) in [6.07, 6.45) is -4.23. The molecule has 0 aliphatic carbocycles. The Balaban J connectivity index is 2.00. The van der Waals surface area contributed by atoms with Crippen LogP contribution in [0.5, 0.6) is 0 Å². The lowest BCUT2D eigenvalue weighted by atomic mass is 10.1. The zero-order chi connectivity index (χ0) is 14.3. The van der Waals surface area contributed by atoms with Gasteiger partial charge >= 0.3 is 6.18 Å². The van der Waals surface area contributed by atoms with E-state index in [4.69, 9.17) is 0 Å². The molecule has 0 saturated carbocycles. The molecule has 2 aromatic heterocycles. The second-order valence-electron chi connectivity index (χ2n) is 4.55. The monoisotopic (exact) mass is 300 g/mol. The molecule has 1 N–H and O–H groups in total. The Hall–Kier alpha value is -1.54. The van der Waals surface area contributed by atoms with Crippen molar-refractivity contribution in [2.75, 3.05) is 0 Å². The summed E-state index contributed by atoms with van der Waals surface area (Å²) >= 11 is 1.46. The highest BCUT2D eigenvalue weighted by molar-refractivity contribution is 7.09. The van der Waals surface area contributed by atoms with Crippen molar-refractivity contribution >= 4 is 11.3 Å². The predicted molar refractivity (Wildman–Crippen MR) is 67.2 cm³/mol. The highest BCUT2D eigenvalue weighted by atomic mass is 32.1. The summed E-state index contributed by atoms with van der Waals surface area (Å²) in [5.74, 6) is 0.171. The van der Waals surface area contributed by atoms with Gasteiger partial charge in [-0.05, 0) is 6.92 Å². The maximum absolute atomic E-state index is 13.0. The molecule has 3 rings (SSSR count). The lowest BCUT2D eigenvalue weighted by Crippen LogP contribution is -2.16. The van der Waals surface area contributed by atoms with Gasteiger partial charge in [0.2, 0.25) is 0 Å². The summed E-state index contributed by atoms with van der Waals surface area (Å²) in [7, 11) is 0. The van der Waals surface area contributed by atoms with E-state index in [0.29, 0.717) is 17.9 Å². The van der Waals surface area contributed by atoms with Gasteiger partial charge in [0, 0.05) is 24.0 Å².